The average molecular weight is 361 g/mol. The summed E-state index contributed by atoms with van der Waals surface area (Å²) in [5.74, 6) is 1.51. The van der Waals surface area contributed by atoms with Crippen LogP contribution in [0.5, 0.6) is 0 Å². The van der Waals surface area contributed by atoms with Gasteiger partial charge in [-0.25, -0.2) is 0 Å². The molecule has 0 aromatic heterocycles. The quantitative estimate of drug-likeness (QED) is 0.549. The minimum Gasteiger partial charge on any atom is -0.381 e. The molecule has 2 rings (SSSR count). The molecule has 144 valence electrons. The Morgan fingerprint density at radius 2 is 2.23 bits per heavy atom. The zero-order chi connectivity index (χ0) is 18.8. The number of likely N-dealkylation sites (tertiary alicyclic amines) is 1. The monoisotopic (exact) mass is 360 g/mol. The molecular weight excluding hydrogens is 328 g/mol. The molecule has 1 aromatic carbocycles. The lowest BCUT2D eigenvalue weighted by molar-refractivity contribution is 0.0963. The Morgan fingerprint density at radius 1 is 1.38 bits per heavy atom. The second-order valence-corrected chi connectivity index (χ2v) is 6.53. The Hall–Kier alpha value is -2.08. The number of aliphatic imine (C=N–C) groups is 1. The van der Waals surface area contributed by atoms with Gasteiger partial charge in [-0.1, -0.05) is 12.1 Å². The number of benzene rings is 1. The van der Waals surface area contributed by atoms with E-state index in [0.29, 0.717) is 18.0 Å². The number of ether oxygens (including phenoxy) is 1. The first-order chi connectivity index (χ1) is 12.7. The van der Waals surface area contributed by atoms with Gasteiger partial charge in [0.15, 0.2) is 5.96 Å². The molecule has 1 aliphatic heterocycles. The molecule has 1 aromatic rings. The minimum atomic E-state index is -0.0545. The zero-order valence-electron chi connectivity index (χ0n) is 16.3. The molecule has 1 saturated heterocycles. The van der Waals surface area contributed by atoms with Crippen molar-refractivity contribution in [1.29, 1.82) is 0 Å². The highest BCUT2D eigenvalue weighted by molar-refractivity contribution is 5.94. The van der Waals surface area contributed by atoms with E-state index in [9.17, 15) is 4.79 Å². The van der Waals surface area contributed by atoms with E-state index in [1.54, 1.807) is 7.05 Å². The van der Waals surface area contributed by atoms with Crippen LogP contribution in [0.15, 0.2) is 29.3 Å². The smallest absolute Gasteiger partial charge is 0.251 e. The van der Waals surface area contributed by atoms with Crippen LogP contribution in [0.1, 0.15) is 36.2 Å². The molecule has 1 fully saturated rings. The molecular formula is C20H32N4O2. The van der Waals surface area contributed by atoms with Gasteiger partial charge in [0.05, 0.1) is 6.61 Å². The van der Waals surface area contributed by atoms with Gasteiger partial charge < -0.3 is 20.3 Å². The van der Waals surface area contributed by atoms with Crippen LogP contribution in [0.4, 0.5) is 0 Å². The first-order valence-electron chi connectivity index (χ1n) is 9.59. The molecule has 0 saturated carbocycles. The fourth-order valence-electron chi connectivity index (χ4n) is 3.17. The van der Waals surface area contributed by atoms with Gasteiger partial charge in [0.25, 0.3) is 5.91 Å². The van der Waals surface area contributed by atoms with E-state index in [1.807, 2.05) is 31.2 Å². The Bertz CT molecular complexity index is 603. The molecule has 6 heteroatoms. The number of guanidine groups is 1. The first-order valence-corrected chi connectivity index (χ1v) is 9.59. The minimum absolute atomic E-state index is 0.0545. The number of nitrogens with one attached hydrogen (secondary N) is 2. The molecule has 0 aliphatic carbocycles. The third-order valence-corrected chi connectivity index (χ3v) is 4.56. The molecule has 0 radical (unpaired) electrons. The second-order valence-electron chi connectivity index (χ2n) is 6.53. The fourth-order valence-corrected chi connectivity index (χ4v) is 3.17. The van der Waals surface area contributed by atoms with E-state index in [4.69, 9.17) is 9.73 Å². The van der Waals surface area contributed by atoms with E-state index in [1.165, 1.54) is 0 Å². The maximum absolute atomic E-state index is 11.7. The van der Waals surface area contributed by atoms with Crippen molar-refractivity contribution < 1.29 is 9.53 Å². The number of hydrogen-bond donors (Lipinski definition) is 2. The van der Waals surface area contributed by atoms with Gasteiger partial charge in [-0.3, -0.25) is 9.79 Å². The Labute approximate surface area is 157 Å². The van der Waals surface area contributed by atoms with Crippen molar-refractivity contribution in [3.8, 4) is 0 Å². The summed E-state index contributed by atoms with van der Waals surface area (Å²) in [6.07, 6.45) is 1.97. The summed E-state index contributed by atoms with van der Waals surface area (Å²) < 4.78 is 5.56. The lowest BCUT2D eigenvalue weighted by Gasteiger charge is -2.21. The number of amides is 1. The van der Waals surface area contributed by atoms with Crippen LogP contribution in [0.3, 0.4) is 0 Å². The number of carbonyl (C=O) groups is 1. The van der Waals surface area contributed by atoms with E-state index in [2.05, 4.69) is 22.5 Å². The van der Waals surface area contributed by atoms with Crippen LogP contribution in [0.25, 0.3) is 0 Å². The summed E-state index contributed by atoms with van der Waals surface area (Å²) in [4.78, 5) is 18.9. The SMILES string of the molecule is CCNC(=NCCc1cccc(C(=O)NC)c1)N1CCC(COCC)C1. The maximum Gasteiger partial charge on any atom is 0.251 e. The van der Waals surface area contributed by atoms with E-state index in [-0.39, 0.29) is 5.91 Å². The van der Waals surface area contributed by atoms with Gasteiger partial charge in [0, 0.05) is 51.3 Å². The largest absolute Gasteiger partial charge is 0.381 e. The van der Waals surface area contributed by atoms with Gasteiger partial charge in [-0.15, -0.1) is 0 Å². The van der Waals surface area contributed by atoms with Crippen molar-refractivity contribution in [2.45, 2.75) is 26.7 Å². The van der Waals surface area contributed by atoms with E-state index >= 15 is 0 Å². The molecule has 0 bridgehead atoms. The topological polar surface area (TPSA) is 66.0 Å². The van der Waals surface area contributed by atoms with E-state index < -0.39 is 0 Å². The molecule has 1 heterocycles. The number of nitrogens with zero attached hydrogens (tertiary/aromatic N) is 2. The first kappa shape index (κ1) is 20.2. The van der Waals surface area contributed by atoms with Crippen LogP contribution in [0.2, 0.25) is 0 Å². The number of hydrogen-bond acceptors (Lipinski definition) is 3. The molecule has 1 aliphatic rings. The average Bonchev–Trinajstić information content (AvgIpc) is 3.14. The van der Waals surface area contributed by atoms with Gasteiger partial charge in [-0.2, -0.15) is 0 Å². The summed E-state index contributed by atoms with van der Waals surface area (Å²) in [6.45, 7) is 9.32. The summed E-state index contributed by atoms with van der Waals surface area (Å²) in [7, 11) is 1.65. The Balaban J connectivity index is 1.92. The molecule has 1 atom stereocenters. The maximum atomic E-state index is 11.7. The second kappa shape index (κ2) is 10.8. The van der Waals surface area contributed by atoms with Gasteiger partial charge in [0.2, 0.25) is 0 Å². The fraction of sp³-hybridized carbons (Fsp3) is 0.600. The summed E-state index contributed by atoms with van der Waals surface area (Å²) in [5, 5.41) is 6.06. The van der Waals surface area contributed by atoms with Crippen molar-refractivity contribution >= 4 is 11.9 Å². The predicted molar refractivity (Wildman–Crippen MR) is 106 cm³/mol. The zero-order valence-corrected chi connectivity index (χ0v) is 16.3. The molecule has 0 spiro atoms. The normalized spacial score (nSPS) is 17.4. The number of carbonyl (C=O) groups excluding carboxylic acids is 1. The Kier molecular flexibility index (Phi) is 8.41. The highest BCUT2D eigenvalue weighted by Crippen LogP contribution is 2.16. The molecule has 2 N–H and O–H groups in total. The third-order valence-electron chi connectivity index (χ3n) is 4.56. The molecule has 1 unspecified atom stereocenters. The lowest BCUT2D eigenvalue weighted by atomic mass is 10.1. The highest BCUT2D eigenvalue weighted by Gasteiger charge is 2.24. The van der Waals surface area contributed by atoms with Gasteiger partial charge >= 0.3 is 0 Å². The summed E-state index contributed by atoms with van der Waals surface area (Å²) in [6, 6.07) is 7.74. The predicted octanol–water partition coefficient (Wildman–Crippen LogP) is 1.91. The van der Waals surface area contributed by atoms with Crippen molar-refractivity contribution in [3.05, 3.63) is 35.4 Å². The van der Waals surface area contributed by atoms with Crippen molar-refractivity contribution in [2.75, 3.05) is 46.4 Å². The van der Waals surface area contributed by atoms with Crippen LogP contribution in [-0.2, 0) is 11.2 Å². The van der Waals surface area contributed by atoms with Crippen molar-refractivity contribution in [2.24, 2.45) is 10.9 Å². The van der Waals surface area contributed by atoms with Crippen LogP contribution in [-0.4, -0.2) is 63.2 Å². The van der Waals surface area contributed by atoms with Gasteiger partial charge in [0.1, 0.15) is 0 Å². The molecule has 6 nitrogen and oxygen atoms in total. The van der Waals surface area contributed by atoms with Crippen LogP contribution >= 0.6 is 0 Å². The molecule has 26 heavy (non-hydrogen) atoms. The highest BCUT2D eigenvalue weighted by atomic mass is 16.5. The molecule has 1 amide bonds. The van der Waals surface area contributed by atoms with Gasteiger partial charge in [-0.05, 0) is 44.4 Å². The van der Waals surface area contributed by atoms with Crippen LogP contribution in [0, 0.1) is 5.92 Å². The third kappa shape index (κ3) is 6.02. The Morgan fingerprint density at radius 3 is 2.96 bits per heavy atom. The lowest BCUT2D eigenvalue weighted by Crippen LogP contribution is -2.40. The standard InChI is InChI=1S/C20H32N4O2/c1-4-22-20(24-12-10-17(14-24)15-26-5-2)23-11-9-16-7-6-8-18(13-16)19(25)21-3/h6-8,13,17H,4-5,9-12,14-15H2,1-3H3,(H,21,25)(H,22,23). The van der Waals surface area contributed by atoms with Crippen molar-refractivity contribution in [1.82, 2.24) is 15.5 Å². The summed E-state index contributed by atoms with van der Waals surface area (Å²) >= 11 is 0. The summed E-state index contributed by atoms with van der Waals surface area (Å²) in [5.41, 5.74) is 1.82. The van der Waals surface area contributed by atoms with E-state index in [0.717, 1.165) is 57.2 Å². The van der Waals surface area contributed by atoms with Crippen LogP contribution < -0.4 is 10.6 Å². The number of rotatable bonds is 8. The van der Waals surface area contributed by atoms with Crippen molar-refractivity contribution in [3.63, 3.8) is 0 Å².